The number of hydrogen-bond acceptors (Lipinski definition) is 2. The second kappa shape index (κ2) is 5.93. The molecule has 0 N–H and O–H groups in total. The minimum atomic E-state index is -0.524. The smallest absolute Gasteiger partial charge is 0.153 e. The van der Waals surface area contributed by atoms with Gasteiger partial charge in [-0.25, -0.2) is 8.78 Å². The van der Waals surface area contributed by atoms with Crippen molar-refractivity contribution >= 4 is 22.2 Å². The molecule has 2 nitrogen and oxygen atoms in total. The monoisotopic (exact) mass is 326 g/mol. The zero-order valence-corrected chi connectivity index (χ0v) is 11.3. The maximum absolute atomic E-state index is 13.6. The van der Waals surface area contributed by atoms with Gasteiger partial charge in [-0.15, -0.1) is 0 Å². The highest BCUT2D eigenvalue weighted by molar-refractivity contribution is 9.10. The third-order valence-electron chi connectivity index (χ3n) is 2.50. The molecule has 0 aromatic heterocycles. The summed E-state index contributed by atoms with van der Waals surface area (Å²) < 4.78 is 32.5. The Kier molecular flexibility index (Phi) is 4.27. The summed E-state index contributed by atoms with van der Waals surface area (Å²) in [4.78, 5) is 10.8. The average molecular weight is 327 g/mol. The van der Waals surface area contributed by atoms with E-state index in [2.05, 4.69) is 15.9 Å². The van der Waals surface area contributed by atoms with Crippen LogP contribution in [-0.4, -0.2) is 6.29 Å². The lowest BCUT2D eigenvalue weighted by molar-refractivity contribution is 0.111. The van der Waals surface area contributed by atoms with Crippen molar-refractivity contribution in [1.29, 1.82) is 0 Å². The van der Waals surface area contributed by atoms with Crippen LogP contribution in [0.15, 0.2) is 40.9 Å². The summed E-state index contributed by atoms with van der Waals surface area (Å²) in [5.41, 5.74) is 0.446. The molecule has 0 unspecified atom stereocenters. The van der Waals surface area contributed by atoms with E-state index in [1.165, 1.54) is 18.2 Å². The Labute approximate surface area is 117 Å². The van der Waals surface area contributed by atoms with Crippen molar-refractivity contribution in [3.05, 3.63) is 63.6 Å². The van der Waals surface area contributed by atoms with Crippen LogP contribution in [0.25, 0.3) is 0 Å². The van der Waals surface area contributed by atoms with Crippen molar-refractivity contribution in [2.24, 2.45) is 0 Å². The highest BCUT2D eigenvalue weighted by atomic mass is 79.9. The van der Waals surface area contributed by atoms with Crippen molar-refractivity contribution in [3.63, 3.8) is 0 Å². The Morgan fingerprint density at radius 2 is 1.95 bits per heavy atom. The zero-order valence-electron chi connectivity index (χ0n) is 9.70. The first-order valence-corrected chi connectivity index (χ1v) is 6.21. The number of aldehydes is 1. The van der Waals surface area contributed by atoms with Crippen molar-refractivity contribution in [2.45, 2.75) is 6.61 Å². The Bertz CT molecular complexity index is 614. The van der Waals surface area contributed by atoms with Crippen molar-refractivity contribution in [3.8, 4) is 5.75 Å². The number of halogens is 3. The molecule has 98 valence electrons. The minimum absolute atomic E-state index is 0.0361. The van der Waals surface area contributed by atoms with E-state index in [4.69, 9.17) is 4.74 Å². The van der Waals surface area contributed by atoms with E-state index >= 15 is 0 Å². The first kappa shape index (κ1) is 13.7. The van der Waals surface area contributed by atoms with Gasteiger partial charge in [0.05, 0.1) is 5.56 Å². The maximum atomic E-state index is 13.6. The SMILES string of the molecule is O=Cc1cc(F)ccc1OCc1ccc(Br)cc1F. The normalized spacial score (nSPS) is 10.3. The van der Waals surface area contributed by atoms with Gasteiger partial charge in [-0.3, -0.25) is 4.79 Å². The molecule has 0 spiro atoms. The summed E-state index contributed by atoms with van der Waals surface area (Å²) in [6, 6.07) is 8.18. The molecule has 0 aliphatic carbocycles. The molecule has 5 heteroatoms. The molecule has 0 heterocycles. The lowest BCUT2D eigenvalue weighted by Crippen LogP contribution is -2.01. The van der Waals surface area contributed by atoms with Gasteiger partial charge < -0.3 is 4.74 Å². The van der Waals surface area contributed by atoms with Crippen LogP contribution in [0.2, 0.25) is 0 Å². The van der Waals surface area contributed by atoms with Crippen LogP contribution in [-0.2, 0) is 6.61 Å². The fourth-order valence-electron chi connectivity index (χ4n) is 1.54. The van der Waals surface area contributed by atoms with Gasteiger partial charge in [0.2, 0.25) is 0 Å². The molecule has 0 aliphatic heterocycles. The van der Waals surface area contributed by atoms with Gasteiger partial charge >= 0.3 is 0 Å². The Morgan fingerprint density at radius 1 is 1.16 bits per heavy atom. The van der Waals surface area contributed by atoms with E-state index in [1.54, 1.807) is 12.1 Å². The molecule has 2 rings (SSSR count). The maximum Gasteiger partial charge on any atom is 0.153 e. The molecule has 0 aliphatic rings. The van der Waals surface area contributed by atoms with Crippen LogP contribution in [0.3, 0.4) is 0 Å². The fourth-order valence-corrected chi connectivity index (χ4v) is 1.87. The highest BCUT2D eigenvalue weighted by Crippen LogP contribution is 2.21. The fraction of sp³-hybridized carbons (Fsp3) is 0.0714. The molecule has 0 radical (unpaired) electrons. The number of rotatable bonds is 4. The summed E-state index contributed by atoms with van der Waals surface area (Å²) in [5.74, 6) is -0.716. The molecule has 0 fully saturated rings. The van der Waals surface area contributed by atoms with Crippen molar-refractivity contribution in [2.75, 3.05) is 0 Å². The van der Waals surface area contributed by atoms with Gasteiger partial charge in [-0.1, -0.05) is 22.0 Å². The molecular weight excluding hydrogens is 318 g/mol. The third-order valence-corrected chi connectivity index (χ3v) is 2.99. The van der Waals surface area contributed by atoms with Gasteiger partial charge in [0.25, 0.3) is 0 Å². The Morgan fingerprint density at radius 3 is 2.63 bits per heavy atom. The molecule has 19 heavy (non-hydrogen) atoms. The lowest BCUT2D eigenvalue weighted by Gasteiger charge is -2.09. The van der Waals surface area contributed by atoms with Crippen LogP contribution in [0.4, 0.5) is 8.78 Å². The first-order valence-electron chi connectivity index (χ1n) is 5.41. The predicted octanol–water partition coefficient (Wildman–Crippen LogP) is 4.12. The van der Waals surface area contributed by atoms with Crippen LogP contribution in [0.1, 0.15) is 15.9 Å². The molecule has 2 aromatic rings. The number of benzene rings is 2. The summed E-state index contributed by atoms with van der Waals surface area (Å²) in [6.07, 6.45) is 0.496. The Balaban J connectivity index is 2.16. The van der Waals surface area contributed by atoms with Gasteiger partial charge in [-0.05, 0) is 30.3 Å². The van der Waals surface area contributed by atoms with E-state index in [1.807, 2.05) is 0 Å². The topological polar surface area (TPSA) is 26.3 Å². The second-order valence-corrected chi connectivity index (χ2v) is 4.74. The van der Waals surface area contributed by atoms with Crippen molar-refractivity contribution < 1.29 is 18.3 Å². The quantitative estimate of drug-likeness (QED) is 0.790. The molecule has 0 saturated carbocycles. The average Bonchev–Trinajstić information content (AvgIpc) is 2.39. The highest BCUT2D eigenvalue weighted by Gasteiger charge is 2.07. The van der Waals surface area contributed by atoms with E-state index in [0.29, 0.717) is 16.3 Å². The third kappa shape index (κ3) is 3.38. The molecule has 0 amide bonds. The number of carbonyl (C=O) groups is 1. The molecule has 0 atom stereocenters. The molecule has 0 saturated heterocycles. The van der Waals surface area contributed by atoms with Crippen LogP contribution < -0.4 is 4.74 Å². The number of ether oxygens (including phenoxy) is 1. The van der Waals surface area contributed by atoms with Gasteiger partial charge in [0.15, 0.2) is 6.29 Å². The standard InChI is InChI=1S/C14H9BrF2O2/c15-11-2-1-9(13(17)6-11)8-19-14-4-3-12(16)5-10(14)7-18/h1-7H,8H2. The van der Waals surface area contributed by atoms with Gasteiger partial charge in [-0.2, -0.15) is 0 Å². The molecule has 2 aromatic carbocycles. The molecular formula is C14H9BrF2O2. The molecule has 0 bridgehead atoms. The zero-order chi connectivity index (χ0) is 13.8. The summed E-state index contributed by atoms with van der Waals surface area (Å²) in [5, 5.41) is 0. The summed E-state index contributed by atoms with van der Waals surface area (Å²) >= 11 is 3.15. The predicted molar refractivity (Wildman–Crippen MR) is 70.2 cm³/mol. The largest absolute Gasteiger partial charge is 0.488 e. The van der Waals surface area contributed by atoms with Crippen LogP contribution in [0, 0.1) is 11.6 Å². The van der Waals surface area contributed by atoms with E-state index in [-0.39, 0.29) is 17.9 Å². The summed E-state index contributed by atoms with van der Waals surface area (Å²) in [6.45, 7) is -0.0361. The minimum Gasteiger partial charge on any atom is -0.488 e. The first-order chi connectivity index (χ1) is 9.10. The number of hydrogen-bond donors (Lipinski definition) is 0. The summed E-state index contributed by atoms with van der Waals surface area (Å²) in [7, 11) is 0. The second-order valence-electron chi connectivity index (χ2n) is 3.82. The van der Waals surface area contributed by atoms with E-state index in [0.717, 1.165) is 6.07 Å². The number of carbonyl (C=O) groups excluding carboxylic acids is 1. The van der Waals surface area contributed by atoms with Crippen molar-refractivity contribution in [1.82, 2.24) is 0 Å². The van der Waals surface area contributed by atoms with E-state index in [9.17, 15) is 13.6 Å². The van der Waals surface area contributed by atoms with Crippen LogP contribution in [0.5, 0.6) is 5.75 Å². The van der Waals surface area contributed by atoms with Gasteiger partial charge in [0, 0.05) is 10.0 Å². The van der Waals surface area contributed by atoms with E-state index < -0.39 is 11.6 Å². The van der Waals surface area contributed by atoms with Crippen LogP contribution >= 0.6 is 15.9 Å². The van der Waals surface area contributed by atoms with Gasteiger partial charge in [0.1, 0.15) is 24.0 Å². The Hall–Kier alpha value is -1.75. The lowest BCUT2D eigenvalue weighted by atomic mass is 10.2.